The fraction of sp³-hybridized carbons (Fsp3) is 0.500. The van der Waals surface area contributed by atoms with E-state index in [0.717, 1.165) is 31.7 Å². The van der Waals surface area contributed by atoms with Crippen LogP contribution in [-0.2, 0) is 4.79 Å². The van der Waals surface area contributed by atoms with Gasteiger partial charge in [0, 0.05) is 12.5 Å². The van der Waals surface area contributed by atoms with Gasteiger partial charge in [-0.3, -0.25) is 4.79 Å². The van der Waals surface area contributed by atoms with Gasteiger partial charge >= 0.3 is 0 Å². The van der Waals surface area contributed by atoms with Crippen LogP contribution in [-0.4, -0.2) is 5.91 Å². The van der Waals surface area contributed by atoms with Crippen molar-refractivity contribution in [1.82, 2.24) is 0 Å². The predicted molar refractivity (Wildman–Crippen MR) is 70.6 cm³/mol. The number of carbonyl (C=O) groups excluding carboxylic acids is 1. The maximum Gasteiger partial charge on any atom is 0.224 e. The van der Waals surface area contributed by atoms with E-state index in [2.05, 4.69) is 5.32 Å². The van der Waals surface area contributed by atoms with E-state index in [4.69, 9.17) is 5.73 Å². The van der Waals surface area contributed by atoms with E-state index in [1.54, 1.807) is 0 Å². The molecule has 0 atom stereocenters. The highest BCUT2D eigenvalue weighted by Crippen LogP contribution is 2.28. The first kappa shape index (κ1) is 13.8. The molecular formula is C14H18F2N2O. The molecule has 1 saturated carbocycles. The molecule has 5 heteroatoms. The van der Waals surface area contributed by atoms with Gasteiger partial charge < -0.3 is 11.1 Å². The highest BCUT2D eigenvalue weighted by Gasteiger charge is 2.19. The minimum atomic E-state index is -0.838. The van der Waals surface area contributed by atoms with Crippen molar-refractivity contribution in [2.75, 3.05) is 11.1 Å². The third-order valence-corrected chi connectivity index (χ3v) is 3.55. The molecule has 0 aliphatic heterocycles. The van der Waals surface area contributed by atoms with Gasteiger partial charge in [-0.15, -0.1) is 0 Å². The summed E-state index contributed by atoms with van der Waals surface area (Å²) in [6, 6.07) is 1.71. The average Bonchev–Trinajstić information content (AvgIpc) is 2.35. The number of rotatable bonds is 3. The van der Waals surface area contributed by atoms with Gasteiger partial charge in [0.05, 0.1) is 5.69 Å². The van der Waals surface area contributed by atoms with Crippen molar-refractivity contribution < 1.29 is 13.6 Å². The molecule has 0 radical (unpaired) electrons. The Morgan fingerprint density at radius 2 is 1.95 bits per heavy atom. The number of halogens is 2. The summed E-state index contributed by atoms with van der Waals surface area (Å²) in [5.74, 6) is -1.49. The summed E-state index contributed by atoms with van der Waals surface area (Å²) in [5.41, 5.74) is 5.30. The first-order valence-electron chi connectivity index (χ1n) is 6.60. The predicted octanol–water partition coefficient (Wildman–Crippen LogP) is 3.46. The lowest BCUT2D eigenvalue weighted by Gasteiger charge is -2.21. The van der Waals surface area contributed by atoms with Gasteiger partial charge in [-0.2, -0.15) is 0 Å². The minimum Gasteiger partial charge on any atom is -0.397 e. The number of hydrogen-bond acceptors (Lipinski definition) is 2. The van der Waals surface area contributed by atoms with Crippen molar-refractivity contribution in [2.45, 2.75) is 38.5 Å². The fourth-order valence-corrected chi connectivity index (χ4v) is 2.57. The summed E-state index contributed by atoms with van der Waals surface area (Å²) in [6.45, 7) is 0. The minimum absolute atomic E-state index is 0.0884. The van der Waals surface area contributed by atoms with Crippen LogP contribution in [0.1, 0.15) is 38.5 Å². The lowest BCUT2D eigenvalue weighted by Crippen LogP contribution is -2.19. The number of benzene rings is 1. The van der Waals surface area contributed by atoms with Gasteiger partial charge in [0.2, 0.25) is 5.91 Å². The monoisotopic (exact) mass is 268 g/mol. The quantitative estimate of drug-likeness (QED) is 0.825. The molecule has 0 bridgehead atoms. The molecule has 0 saturated heterocycles. The number of nitrogen functional groups attached to an aromatic ring is 1. The standard InChI is InChI=1S/C14H18F2N2O/c15-10-7-11(16)14(12(17)8-10)18-13(19)6-9-4-2-1-3-5-9/h7-9H,1-6,17H2,(H,18,19). The third-order valence-electron chi connectivity index (χ3n) is 3.55. The van der Waals surface area contributed by atoms with E-state index >= 15 is 0 Å². The molecule has 1 aromatic carbocycles. The zero-order valence-electron chi connectivity index (χ0n) is 10.7. The van der Waals surface area contributed by atoms with Crippen LogP contribution in [0.25, 0.3) is 0 Å². The van der Waals surface area contributed by atoms with Crippen molar-refractivity contribution >= 4 is 17.3 Å². The smallest absolute Gasteiger partial charge is 0.224 e. The SMILES string of the molecule is Nc1cc(F)cc(F)c1NC(=O)CC1CCCCC1. The van der Waals surface area contributed by atoms with E-state index in [-0.39, 0.29) is 17.3 Å². The third kappa shape index (κ3) is 3.66. The normalized spacial score (nSPS) is 16.3. The Morgan fingerprint density at radius 3 is 2.58 bits per heavy atom. The lowest BCUT2D eigenvalue weighted by molar-refractivity contribution is -0.117. The fourth-order valence-electron chi connectivity index (χ4n) is 2.57. The van der Waals surface area contributed by atoms with Gasteiger partial charge in [-0.05, 0) is 24.8 Å². The molecule has 0 heterocycles. The number of nitrogens with one attached hydrogen (secondary N) is 1. The molecule has 1 amide bonds. The summed E-state index contributed by atoms with van der Waals surface area (Å²) in [6.07, 6.45) is 5.95. The molecule has 0 aromatic heterocycles. The topological polar surface area (TPSA) is 55.1 Å². The Bertz CT molecular complexity index is 448. The van der Waals surface area contributed by atoms with E-state index < -0.39 is 11.6 Å². The highest BCUT2D eigenvalue weighted by atomic mass is 19.1. The van der Waals surface area contributed by atoms with Gasteiger partial charge in [0.25, 0.3) is 0 Å². The van der Waals surface area contributed by atoms with Crippen molar-refractivity contribution in [2.24, 2.45) is 5.92 Å². The van der Waals surface area contributed by atoms with Crippen LogP contribution in [0.5, 0.6) is 0 Å². The number of amides is 1. The molecule has 3 N–H and O–H groups in total. The second kappa shape index (κ2) is 5.99. The molecule has 1 aromatic rings. The number of anilines is 2. The van der Waals surface area contributed by atoms with Crippen LogP contribution >= 0.6 is 0 Å². The van der Waals surface area contributed by atoms with Crippen LogP contribution in [0.2, 0.25) is 0 Å². The summed E-state index contributed by atoms with van der Waals surface area (Å²) in [5, 5.41) is 2.45. The van der Waals surface area contributed by atoms with Gasteiger partial charge in [-0.25, -0.2) is 8.78 Å². The van der Waals surface area contributed by atoms with Crippen LogP contribution in [0.15, 0.2) is 12.1 Å². The second-order valence-corrected chi connectivity index (χ2v) is 5.11. The van der Waals surface area contributed by atoms with E-state index in [0.29, 0.717) is 18.4 Å². The van der Waals surface area contributed by atoms with Crippen LogP contribution in [0.3, 0.4) is 0 Å². The van der Waals surface area contributed by atoms with Crippen molar-refractivity contribution in [3.63, 3.8) is 0 Å². The van der Waals surface area contributed by atoms with Crippen molar-refractivity contribution in [1.29, 1.82) is 0 Å². The molecule has 19 heavy (non-hydrogen) atoms. The molecule has 1 fully saturated rings. The van der Waals surface area contributed by atoms with Crippen LogP contribution < -0.4 is 11.1 Å². The van der Waals surface area contributed by atoms with Crippen LogP contribution in [0, 0.1) is 17.6 Å². The Balaban J connectivity index is 1.98. The maximum atomic E-state index is 13.5. The number of hydrogen-bond donors (Lipinski definition) is 2. The Morgan fingerprint density at radius 1 is 1.26 bits per heavy atom. The first-order valence-corrected chi connectivity index (χ1v) is 6.60. The van der Waals surface area contributed by atoms with E-state index in [1.807, 2.05) is 0 Å². The second-order valence-electron chi connectivity index (χ2n) is 5.11. The largest absolute Gasteiger partial charge is 0.397 e. The molecule has 0 unspecified atom stereocenters. The summed E-state index contributed by atoms with van der Waals surface area (Å²) < 4.78 is 26.4. The summed E-state index contributed by atoms with van der Waals surface area (Å²) >= 11 is 0. The van der Waals surface area contributed by atoms with Crippen molar-refractivity contribution in [3.05, 3.63) is 23.8 Å². The number of carbonyl (C=O) groups is 1. The zero-order valence-corrected chi connectivity index (χ0v) is 10.7. The molecule has 104 valence electrons. The highest BCUT2D eigenvalue weighted by molar-refractivity contribution is 5.94. The number of nitrogens with two attached hydrogens (primary N) is 1. The summed E-state index contributed by atoms with van der Waals surface area (Å²) in [7, 11) is 0. The molecule has 1 aliphatic carbocycles. The molecular weight excluding hydrogens is 250 g/mol. The van der Waals surface area contributed by atoms with Crippen molar-refractivity contribution in [3.8, 4) is 0 Å². The Kier molecular flexibility index (Phi) is 4.35. The van der Waals surface area contributed by atoms with Gasteiger partial charge in [0.15, 0.2) is 5.82 Å². The molecule has 0 spiro atoms. The molecule has 1 aliphatic rings. The Hall–Kier alpha value is -1.65. The Labute approximate surface area is 111 Å². The average molecular weight is 268 g/mol. The summed E-state index contributed by atoms with van der Waals surface area (Å²) in [4.78, 5) is 11.8. The van der Waals surface area contributed by atoms with E-state index in [9.17, 15) is 13.6 Å². The lowest BCUT2D eigenvalue weighted by atomic mass is 9.87. The maximum absolute atomic E-state index is 13.5. The van der Waals surface area contributed by atoms with Crippen LogP contribution in [0.4, 0.5) is 20.2 Å². The molecule has 2 rings (SSSR count). The van der Waals surface area contributed by atoms with Gasteiger partial charge in [-0.1, -0.05) is 19.3 Å². The van der Waals surface area contributed by atoms with Gasteiger partial charge in [0.1, 0.15) is 11.5 Å². The first-order chi connectivity index (χ1) is 9.06. The molecule has 3 nitrogen and oxygen atoms in total. The zero-order chi connectivity index (χ0) is 13.8. The van der Waals surface area contributed by atoms with E-state index in [1.165, 1.54) is 6.42 Å².